The lowest BCUT2D eigenvalue weighted by Crippen LogP contribution is -2.48. The van der Waals surface area contributed by atoms with Crippen molar-refractivity contribution in [1.29, 1.82) is 0 Å². The number of thiocarbonyl (C=S) groups is 1. The fourth-order valence-electron chi connectivity index (χ4n) is 3.77. The molecule has 1 saturated heterocycles. The van der Waals surface area contributed by atoms with Gasteiger partial charge in [-0.2, -0.15) is 0 Å². The molecule has 0 saturated carbocycles. The normalized spacial score (nSPS) is 13.7. The van der Waals surface area contributed by atoms with Gasteiger partial charge in [0, 0.05) is 49.2 Å². The predicted molar refractivity (Wildman–Crippen MR) is 138 cm³/mol. The Bertz CT molecular complexity index is 1180. The van der Waals surface area contributed by atoms with Crippen molar-refractivity contribution in [3.8, 4) is 0 Å². The van der Waals surface area contributed by atoms with Crippen molar-refractivity contribution in [2.45, 2.75) is 6.92 Å². The van der Waals surface area contributed by atoms with Gasteiger partial charge in [0.25, 0.3) is 5.91 Å². The van der Waals surface area contributed by atoms with Crippen LogP contribution in [0.1, 0.15) is 21.7 Å². The Morgan fingerprint density at radius 2 is 1.71 bits per heavy atom. The lowest BCUT2D eigenvalue weighted by molar-refractivity contribution is -0.115. The number of aryl methyl sites for hydroxylation is 1. The molecule has 0 spiro atoms. The molecule has 4 rings (SSSR count). The average molecular weight is 475 g/mol. The minimum Gasteiger partial charge on any atom is -0.465 e. The number of furan rings is 1. The maximum atomic E-state index is 12.8. The van der Waals surface area contributed by atoms with Crippen LogP contribution in [-0.4, -0.2) is 48.0 Å². The number of rotatable bonds is 5. The van der Waals surface area contributed by atoms with E-state index in [9.17, 15) is 9.59 Å². The molecule has 1 aliphatic rings. The van der Waals surface area contributed by atoms with Gasteiger partial charge in [-0.3, -0.25) is 14.9 Å². The summed E-state index contributed by atoms with van der Waals surface area (Å²) in [6.07, 6.45) is 4.47. The van der Waals surface area contributed by atoms with Crippen LogP contribution in [-0.2, 0) is 4.79 Å². The van der Waals surface area contributed by atoms with Crippen LogP contribution >= 0.6 is 12.2 Å². The molecule has 0 radical (unpaired) electrons. The quantitative estimate of drug-likeness (QED) is 0.429. The van der Waals surface area contributed by atoms with E-state index in [0.29, 0.717) is 18.8 Å². The number of hydrogen-bond acceptors (Lipinski definition) is 5. The number of benzene rings is 2. The SMILES string of the molecule is Cc1ccccc1C(=O)N1CCN(c2ccc(NC(=S)NC(=O)C=Cc3ccco3)cc2)CC1. The zero-order chi connectivity index (χ0) is 23.9. The molecule has 2 amide bonds. The van der Waals surface area contributed by atoms with Gasteiger partial charge in [-0.1, -0.05) is 18.2 Å². The molecule has 1 aliphatic heterocycles. The van der Waals surface area contributed by atoms with Crippen molar-refractivity contribution in [1.82, 2.24) is 10.2 Å². The molecule has 34 heavy (non-hydrogen) atoms. The molecule has 7 nitrogen and oxygen atoms in total. The van der Waals surface area contributed by atoms with Crippen molar-refractivity contribution in [2.75, 3.05) is 36.4 Å². The van der Waals surface area contributed by atoms with Gasteiger partial charge in [-0.05, 0) is 73.2 Å². The zero-order valence-corrected chi connectivity index (χ0v) is 19.7. The Balaban J connectivity index is 1.26. The maximum absolute atomic E-state index is 12.8. The molecular formula is C26H26N4O3S. The molecule has 2 aromatic carbocycles. The van der Waals surface area contributed by atoms with Crippen molar-refractivity contribution in [3.63, 3.8) is 0 Å². The minimum absolute atomic E-state index is 0.0897. The first-order chi connectivity index (χ1) is 16.5. The lowest BCUT2D eigenvalue weighted by atomic mass is 10.1. The van der Waals surface area contributed by atoms with Crippen LogP contribution in [0.5, 0.6) is 0 Å². The van der Waals surface area contributed by atoms with E-state index < -0.39 is 0 Å². The molecule has 0 unspecified atom stereocenters. The van der Waals surface area contributed by atoms with E-state index in [1.54, 1.807) is 24.5 Å². The van der Waals surface area contributed by atoms with E-state index in [1.165, 1.54) is 6.08 Å². The fraction of sp³-hybridized carbons (Fsp3) is 0.192. The largest absolute Gasteiger partial charge is 0.465 e. The summed E-state index contributed by atoms with van der Waals surface area (Å²) in [7, 11) is 0. The van der Waals surface area contributed by atoms with Crippen molar-refractivity contribution >= 4 is 46.6 Å². The number of amides is 2. The van der Waals surface area contributed by atoms with Gasteiger partial charge in [0.1, 0.15) is 5.76 Å². The molecule has 0 bridgehead atoms. The van der Waals surface area contributed by atoms with E-state index in [2.05, 4.69) is 15.5 Å². The molecule has 0 aliphatic carbocycles. The fourth-order valence-corrected chi connectivity index (χ4v) is 3.98. The first-order valence-electron chi connectivity index (χ1n) is 11.0. The summed E-state index contributed by atoms with van der Waals surface area (Å²) >= 11 is 5.22. The van der Waals surface area contributed by atoms with Crippen LogP contribution in [0.3, 0.4) is 0 Å². The summed E-state index contributed by atoms with van der Waals surface area (Å²) in [5, 5.41) is 5.83. The van der Waals surface area contributed by atoms with Crippen LogP contribution in [0.2, 0.25) is 0 Å². The highest BCUT2D eigenvalue weighted by atomic mass is 32.1. The van der Waals surface area contributed by atoms with Crippen molar-refractivity contribution < 1.29 is 14.0 Å². The number of carbonyl (C=O) groups is 2. The predicted octanol–water partition coefficient (Wildman–Crippen LogP) is 4.08. The summed E-state index contributed by atoms with van der Waals surface area (Å²) in [6, 6.07) is 19.0. The molecule has 1 fully saturated rings. The van der Waals surface area contributed by atoms with Gasteiger partial charge in [0.15, 0.2) is 5.11 Å². The van der Waals surface area contributed by atoms with E-state index in [4.69, 9.17) is 16.6 Å². The number of carbonyl (C=O) groups excluding carboxylic acids is 2. The summed E-state index contributed by atoms with van der Waals surface area (Å²) in [4.78, 5) is 29.0. The van der Waals surface area contributed by atoms with Crippen LogP contribution in [0.15, 0.2) is 77.4 Å². The topological polar surface area (TPSA) is 77.8 Å². The van der Waals surface area contributed by atoms with E-state index >= 15 is 0 Å². The highest BCUT2D eigenvalue weighted by Crippen LogP contribution is 2.21. The van der Waals surface area contributed by atoms with Crippen LogP contribution in [0.4, 0.5) is 11.4 Å². The average Bonchev–Trinajstić information content (AvgIpc) is 3.37. The first-order valence-corrected chi connectivity index (χ1v) is 11.4. The van der Waals surface area contributed by atoms with Gasteiger partial charge < -0.3 is 19.5 Å². The second-order valence-electron chi connectivity index (χ2n) is 7.93. The Labute approximate surface area is 204 Å². The number of hydrogen-bond donors (Lipinski definition) is 2. The van der Waals surface area contributed by atoms with Crippen LogP contribution in [0, 0.1) is 6.92 Å². The van der Waals surface area contributed by atoms with Gasteiger partial charge in [-0.15, -0.1) is 0 Å². The summed E-state index contributed by atoms with van der Waals surface area (Å²) in [5.74, 6) is 0.334. The summed E-state index contributed by atoms with van der Waals surface area (Å²) in [6.45, 7) is 4.85. The minimum atomic E-state index is -0.344. The van der Waals surface area contributed by atoms with Crippen molar-refractivity contribution in [3.05, 3.63) is 89.9 Å². The third kappa shape index (κ3) is 5.90. The van der Waals surface area contributed by atoms with E-state index in [1.807, 2.05) is 60.4 Å². The molecule has 3 aromatic rings. The second-order valence-corrected chi connectivity index (χ2v) is 8.34. The summed E-state index contributed by atoms with van der Waals surface area (Å²) < 4.78 is 5.15. The Kier molecular flexibility index (Phi) is 7.39. The van der Waals surface area contributed by atoms with Gasteiger partial charge in [0.2, 0.25) is 5.91 Å². The highest BCUT2D eigenvalue weighted by Gasteiger charge is 2.23. The summed E-state index contributed by atoms with van der Waals surface area (Å²) in [5.41, 5.74) is 3.62. The van der Waals surface area contributed by atoms with Crippen LogP contribution in [0.25, 0.3) is 6.08 Å². The maximum Gasteiger partial charge on any atom is 0.254 e. The number of nitrogens with one attached hydrogen (secondary N) is 2. The van der Waals surface area contributed by atoms with E-state index in [-0.39, 0.29) is 16.9 Å². The Morgan fingerprint density at radius 3 is 2.38 bits per heavy atom. The Morgan fingerprint density at radius 1 is 0.971 bits per heavy atom. The molecule has 2 heterocycles. The number of piperazine rings is 1. The van der Waals surface area contributed by atoms with E-state index in [0.717, 1.165) is 35.6 Å². The lowest BCUT2D eigenvalue weighted by Gasteiger charge is -2.36. The van der Waals surface area contributed by atoms with Gasteiger partial charge in [0.05, 0.1) is 6.26 Å². The third-order valence-electron chi connectivity index (χ3n) is 5.61. The molecule has 174 valence electrons. The number of nitrogens with zero attached hydrogens (tertiary/aromatic N) is 2. The molecule has 2 N–H and O–H groups in total. The van der Waals surface area contributed by atoms with Gasteiger partial charge in [-0.25, -0.2) is 0 Å². The highest BCUT2D eigenvalue weighted by molar-refractivity contribution is 7.80. The first kappa shape index (κ1) is 23.3. The third-order valence-corrected chi connectivity index (χ3v) is 5.82. The Hall–Kier alpha value is -3.91. The molecule has 8 heteroatoms. The van der Waals surface area contributed by atoms with Crippen LogP contribution < -0.4 is 15.5 Å². The second kappa shape index (κ2) is 10.8. The molecule has 0 atom stereocenters. The smallest absolute Gasteiger partial charge is 0.254 e. The standard InChI is InChI=1S/C26H26N4O3S/c1-19-5-2-3-7-23(19)25(32)30-16-14-29(15-17-30)21-10-8-20(9-11-21)27-26(34)28-24(31)13-12-22-6-4-18-33-22/h2-13,18H,14-17H2,1H3,(H2,27,28,31,34). The molecule has 1 aromatic heterocycles. The zero-order valence-electron chi connectivity index (χ0n) is 18.9. The monoisotopic (exact) mass is 474 g/mol. The molecular weight excluding hydrogens is 448 g/mol. The number of anilines is 2. The van der Waals surface area contributed by atoms with Crippen molar-refractivity contribution in [2.24, 2.45) is 0 Å². The van der Waals surface area contributed by atoms with Gasteiger partial charge >= 0.3 is 0 Å².